The Morgan fingerprint density at radius 1 is 0.929 bits per heavy atom. The Labute approximate surface area is 168 Å². The van der Waals surface area contributed by atoms with Gasteiger partial charge in [-0.15, -0.1) is 0 Å². The summed E-state index contributed by atoms with van der Waals surface area (Å²) in [6.45, 7) is 8.87. The summed E-state index contributed by atoms with van der Waals surface area (Å²) in [7, 11) is 3.16. The van der Waals surface area contributed by atoms with Crippen molar-refractivity contribution in [2.24, 2.45) is 5.92 Å². The van der Waals surface area contributed by atoms with Crippen LogP contribution < -0.4 is 20.1 Å². The van der Waals surface area contributed by atoms with Gasteiger partial charge in [-0.1, -0.05) is 52.0 Å². The Morgan fingerprint density at radius 2 is 1.57 bits per heavy atom. The summed E-state index contributed by atoms with van der Waals surface area (Å²) in [5.41, 5.74) is 3.09. The lowest BCUT2D eigenvalue weighted by molar-refractivity contribution is -0.115. The van der Waals surface area contributed by atoms with E-state index in [0.29, 0.717) is 29.0 Å². The molecule has 0 unspecified atom stereocenters. The van der Waals surface area contributed by atoms with Crippen LogP contribution in [0, 0.1) is 5.92 Å². The molecule has 0 aliphatic carbocycles. The van der Waals surface area contributed by atoms with Crippen molar-refractivity contribution < 1.29 is 14.3 Å². The molecule has 0 radical (unpaired) electrons. The summed E-state index contributed by atoms with van der Waals surface area (Å²) in [6, 6.07) is 14.0. The second-order valence-corrected chi connectivity index (χ2v) is 7.54. The van der Waals surface area contributed by atoms with Crippen LogP contribution in [0.15, 0.2) is 42.5 Å². The van der Waals surface area contributed by atoms with E-state index in [-0.39, 0.29) is 18.5 Å². The van der Waals surface area contributed by atoms with Crippen LogP contribution in [-0.2, 0) is 4.79 Å². The summed E-state index contributed by atoms with van der Waals surface area (Å²) in [6.07, 6.45) is 0. The molecule has 28 heavy (non-hydrogen) atoms. The van der Waals surface area contributed by atoms with Crippen LogP contribution in [0.1, 0.15) is 50.8 Å². The quantitative estimate of drug-likeness (QED) is 0.655. The van der Waals surface area contributed by atoms with Gasteiger partial charge in [0.25, 0.3) is 0 Å². The number of nitrogens with one attached hydrogen (secondary N) is 2. The smallest absolute Gasteiger partial charge is 0.238 e. The van der Waals surface area contributed by atoms with Crippen LogP contribution in [-0.4, -0.2) is 26.7 Å². The first-order valence-electron chi connectivity index (χ1n) is 9.70. The first kappa shape index (κ1) is 21.8. The molecule has 0 aromatic heterocycles. The molecule has 0 spiro atoms. The molecule has 5 heteroatoms. The molecule has 1 amide bonds. The van der Waals surface area contributed by atoms with E-state index in [1.165, 1.54) is 11.1 Å². The van der Waals surface area contributed by atoms with E-state index in [1.807, 2.05) is 0 Å². The van der Waals surface area contributed by atoms with E-state index < -0.39 is 0 Å². The maximum atomic E-state index is 12.5. The first-order chi connectivity index (χ1) is 13.3. The van der Waals surface area contributed by atoms with E-state index in [9.17, 15) is 4.79 Å². The van der Waals surface area contributed by atoms with Gasteiger partial charge in [-0.2, -0.15) is 0 Å². The van der Waals surface area contributed by atoms with Crippen molar-refractivity contribution in [3.63, 3.8) is 0 Å². The van der Waals surface area contributed by atoms with Crippen molar-refractivity contribution in [2.75, 3.05) is 26.1 Å². The van der Waals surface area contributed by atoms with E-state index in [2.05, 4.69) is 62.6 Å². The highest BCUT2D eigenvalue weighted by molar-refractivity contribution is 5.94. The van der Waals surface area contributed by atoms with E-state index in [1.54, 1.807) is 32.4 Å². The second-order valence-electron chi connectivity index (χ2n) is 7.54. The van der Waals surface area contributed by atoms with Crippen molar-refractivity contribution in [3.05, 3.63) is 53.6 Å². The van der Waals surface area contributed by atoms with Gasteiger partial charge in [0, 0.05) is 12.1 Å². The van der Waals surface area contributed by atoms with Crippen LogP contribution >= 0.6 is 0 Å². The molecule has 5 nitrogen and oxygen atoms in total. The number of rotatable bonds is 9. The van der Waals surface area contributed by atoms with Gasteiger partial charge >= 0.3 is 0 Å². The van der Waals surface area contributed by atoms with Gasteiger partial charge in [0.05, 0.1) is 26.5 Å². The number of carbonyl (C=O) groups is 1. The van der Waals surface area contributed by atoms with Gasteiger partial charge in [-0.25, -0.2) is 0 Å². The molecular weight excluding hydrogens is 352 g/mol. The fraction of sp³-hybridized carbons (Fsp3) is 0.435. The maximum Gasteiger partial charge on any atom is 0.238 e. The largest absolute Gasteiger partial charge is 0.497 e. The summed E-state index contributed by atoms with van der Waals surface area (Å²) in [5, 5.41) is 6.29. The van der Waals surface area contributed by atoms with Crippen molar-refractivity contribution in [1.29, 1.82) is 0 Å². The molecule has 152 valence electrons. The molecular formula is C23H32N2O3. The fourth-order valence-corrected chi connectivity index (χ4v) is 3.14. The lowest BCUT2D eigenvalue weighted by Gasteiger charge is -2.23. The van der Waals surface area contributed by atoms with Crippen LogP contribution in [0.2, 0.25) is 0 Å². The minimum atomic E-state index is -0.129. The van der Waals surface area contributed by atoms with Gasteiger partial charge < -0.3 is 20.1 Å². The van der Waals surface area contributed by atoms with Crippen molar-refractivity contribution in [3.8, 4) is 11.5 Å². The Balaban J connectivity index is 2.04. The molecule has 0 bridgehead atoms. The number of amides is 1. The minimum Gasteiger partial charge on any atom is -0.497 e. The standard InChI is InChI=1S/C23H32N2O3/c1-15(2)17-7-9-18(10-8-17)23(16(3)4)24-14-22(26)25-20-13-19(27-5)11-12-21(20)28-6/h7-13,15-16,23-24H,14H2,1-6H3,(H,25,26)/t23-/m1/s1. The molecule has 2 aromatic rings. The molecule has 2 rings (SSSR count). The summed E-state index contributed by atoms with van der Waals surface area (Å²) in [5.74, 6) is 1.98. The van der Waals surface area contributed by atoms with Crippen LogP contribution in [0.4, 0.5) is 5.69 Å². The second kappa shape index (κ2) is 10.1. The average molecular weight is 385 g/mol. The highest BCUT2D eigenvalue weighted by Gasteiger charge is 2.17. The molecule has 0 saturated carbocycles. The van der Waals surface area contributed by atoms with Crippen LogP contribution in [0.3, 0.4) is 0 Å². The molecule has 2 aromatic carbocycles. The van der Waals surface area contributed by atoms with Crippen molar-refractivity contribution in [2.45, 2.75) is 39.7 Å². The Bertz CT molecular complexity index is 770. The predicted octanol–water partition coefficient (Wildman–Crippen LogP) is 4.75. The summed E-state index contributed by atoms with van der Waals surface area (Å²) in [4.78, 5) is 12.5. The van der Waals surface area contributed by atoms with Gasteiger partial charge in [-0.3, -0.25) is 4.79 Å². The zero-order chi connectivity index (χ0) is 20.7. The van der Waals surface area contributed by atoms with Crippen molar-refractivity contribution in [1.82, 2.24) is 5.32 Å². The summed E-state index contributed by atoms with van der Waals surface area (Å²) >= 11 is 0. The minimum absolute atomic E-state index is 0.0965. The number of methoxy groups -OCH3 is 2. The van der Waals surface area contributed by atoms with Gasteiger partial charge in [-0.05, 0) is 35.1 Å². The lowest BCUT2D eigenvalue weighted by atomic mass is 9.93. The van der Waals surface area contributed by atoms with E-state index in [0.717, 1.165) is 0 Å². The molecule has 2 N–H and O–H groups in total. The molecule has 0 heterocycles. The first-order valence-corrected chi connectivity index (χ1v) is 9.70. The van der Waals surface area contributed by atoms with Crippen molar-refractivity contribution >= 4 is 11.6 Å². The monoisotopic (exact) mass is 384 g/mol. The highest BCUT2D eigenvalue weighted by atomic mass is 16.5. The summed E-state index contributed by atoms with van der Waals surface area (Å²) < 4.78 is 10.5. The fourth-order valence-electron chi connectivity index (χ4n) is 3.14. The average Bonchev–Trinajstić information content (AvgIpc) is 2.68. The molecule has 0 aliphatic rings. The number of carbonyl (C=O) groups excluding carboxylic acids is 1. The zero-order valence-electron chi connectivity index (χ0n) is 17.7. The van der Waals surface area contributed by atoms with Gasteiger partial charge in [0.2, 0.25) is 5.91 Å². The number of ether oxygens (including phenoxy) is 2. The topological polar surface area (TPSA) is 59.6 Å². The number of benzene rings is 2. The van der Waals surface area contributed by atoms with E-state index in [4.69, 9.17) is 9.47 Å². The third-order valence-electron chi connectivity index (χ3n) is 4.79. The zero-order valence-corrected chi connectivity index (χ0v) is 17.7. The molecule has 1 atom stereocenters. The van der Waals surface area contributed by atoms with Crippen LogP contribution in [0.5, 0.6) is 11.5 Å². The number of hydrogen-bond acceptors (Lipinski definition) is 4. The Morgan fingerprint density at radius 3 is 2.11 bits per heavy atom. The Hall–Kier alpha value is -2.53. The molecule has 0 fully saturated rings. The maximum absolute atomic E-state index is 12.5. The van der Waals surface area contributed by atoms with Gasteiger partial charge in [0.15, 0.2) is 0 Å². The SMILES string of the molecule is COc1ccc(OC)c(NC(=O)CN[C@@H](c2ccc(C(C)C)cc2)C(C)C)c1. The Kier molecular flexibility index (Phi) is 7.88. The van der Waals surface area contributed by atoms with E-state index >= 15 is 0 Å². The van der Waals surface area contributed by atoms with Crippen LogP contribution in [0.25, 0.3) is 0 Å². The molecule has 0 saturated heterocycles. The predicted molar refractivity (Wildman–Crippen MR) is 114 cm³/mol. The normalized spacial score (nSPS) is 12.1. The lowest BCUT2D eigenvalue weighted by Crippen LogP contribution is -2.33. The number of hydrogen-bond donors (Lipinski definition) is 2. The van der Waals surface area contributed by atoms with Gasteiger partial charge in [0.1, 0.15) is 11.5 Å². The molecule has 0 aliphatic heterocycles. The highest BCUT2D eigenvalue weighted by Crippen LogP contribution is 2.29. The third kappa shape index (κ3) is 5.73. The number of anilines is 1. The third-order valence-corrected chi connectivity index (χ3v) is 4.79.